The monoisotopic (exact) mass is 341 g/mol. The van der Waals surface area contributed by atoms with E-state index in [0.717, 1.165) is 12.1 Å². The number of carbonyl (C=O) groups is 1. The Bertz CT molecular complexity index is 635. The summed E-state index contributed by atoms with van der Waals surface area (Å²) in [4.78, 5) is 11.8. The van der Waals surface area contributed by atoms with E-state index < -0.39 is 23.6 Å². The van der Waals surface area contributed by atoms with Crippen LogP contribution in [-0.4, -0.2) is 11.0 Å². The van der Waals surface area contributed by atoms with E-state index in [4.69, 9.17) is 0 Å². The Balaban J connectivity index is 2.18. The number of benzene rings is 2. The van der Waals surface area contributed by atoms with E-state index in [1.165, 1.54) is 0 Å². The fraction of sp³-hybridized carbons (Fsp3) is 0.0714. The molecular formula is C14H10BrF2NO2. The Kier molecular flexibility index (Phi) is 4.46. The molecule has 0 aliphatic rings. The van der Waals surface area contributed by atoms with E-state index in [0.29, 0.717) is 5.56 Å². The van der Waals surface area contributed by atoms with Gasteiger partial charge in [-0.1, -0.05) is 30.3 Å². The van der Waals surface area contributed by atoms with Gasteiger partial charge in [0.1, 0.15) is 11.6 Å². The highest BCUT2D eigenvalue weighted by Crippen LogP contribution is 2.24. The third kappa shape index (κ3) is 3.20. The van der Waals surface area contributed by atoms with E-state index in [9.17, 15) is 18.7 Å². The zero-order chi connectivity index (χ0) is 14.7. The number of aliphatic hydroxyl groups excluding tert-OH is 1. The second-order valence-corrected chi connectivity index (χ2v) is 4.90. The number of nitrogens with one attached hydrogen (secondary N) is 1. The van der Waals surface area contributed by atoms with Crippen molar-refractivity contribution in [3.8, 4) is 0 Å². The molecule has 2 rings (SSSR count). The number of halogens is 3. The summed E-state index contributed by atoms with van der Waals surface area (Å²) in [6.07, 6.45) is -1.46. The number of carbonyl (C=O) groups excluding carboxylic acids is 1. The van der Waals surface area contributed by atoms with Gasteiger partial charge in [0.05, 0.1) is 10.2 Å². The van der Waals surface area contributed by atoms with Gasteiger partial charge in [-0.2, -0.15) is 0 Å². The lowest BCUT2D eigenvalue weighted by molar-refractivity contribution is -0.124. The third-order valence-corrected chi connectivity index (χ3v) is 3.24. The predicted octanol–water partition coefficient (Wildman–Crippen LogP) is 3.40. The summed E-state index contributed by atoms with van der Waals surface area (Å²) in [7, 11) is 0. The minimum absolute atomic E-state index is 0.0448. The number of aliphatic hydroxyl groups is 1. The van der Waals surface area contributed by atoms with Crippen LogP contribution in [0.1, 0.15) is 11.7 Å². The molecule has 1 amide bonds. The van der Waals surface area contributed by atoms with Crippen LogP contribution in [0.15, 0.2) is 46.9 Å². The van der Waals surface area contributed by atoms with Crippen LogP contribution in [0, 0.1) is 11.6 Å². The number of amides is 1. The molecule has 0 aliphatic carbocycles. The maximum absolute atomic E-state index is 13.6. The molecule has 0 radical (unpaired) electrons. The molecule has 2 N–H and O–H groups in total. The van der Waals surface area contributed by atoms with E-state index in [1.54, 1.807) is 30.3 Å². The molecule has 0 bridgehead atoms. The summed E-state index contributed by atoms with van der Waals surface area (Å²) in [5.74, 6) is -2.35. The van der Waals surface area contributed by atoms with Crippen LogP contribution in [0.4, 0.5) is 14.5 Å². The fourth-order valence-corrected chi connectivity index (χ4v) is 1.92. The number of anilines is 1. The Morgan fingerprint density at radius 1 is 1.15 bits per heavy atom. The van der Waals surface area contributed by atoms with Crippen molar-refractivity contribution in [3.05, 3.63) is 64.1 Å². The molecule has 0 spiro atoms. The quantitative estimate of drug-likeness (QED) is 0.840. The van der Waals surface area contributed by atoms with Crippen LogP contribution in [0.25, 0.3) is 0 Å². The molecule has 0 aromatic heterocycles. The van der Waals surface area contributed by atoms with Crippen LogP contribution in [-0.2, 0) is 4.79 Å². The summed E-state index contributed by atoms with van der Waals surface area (Å²) >= 11 is 2.83. The van der Waals surface area contributed by atoms with Gasteiger partial charge in [0.25, 0.3) is 5.91 Å². The van der Waals surface area contributed by atoms with Crippen molar-refractivity contribution in [2.45, 2.75) is 6.10 Å². The standard InChI is InChI=1S/C14H10BrF2NO2/c15-9-6-11(17)12(7-10(9)16)18-14(20)13(19)8-4-2-1-3-5-8/h1-7,13,19H,(H,18,20). The van der Waals surface area contributed by atoms with Crippen LogP contribution in [0.5, 0.6) is 0 Å². The molecular weight excluding hydrogens is 332 g/mol. The maximum atomic E-state index is 13.6. The smallest absolute Gasteiger partial charge is 0.257 e. The lowest BCUT2D eigenvalue weighted by atomic mass is 10.1. The SMILES string of the molecule is O=C(Nc1cc(F)c(Br)cc1F)C(O)c1ccccc1. The first kappa shape index (κ1) is 14.6. The second-order valence-electron chi connectivity index (χ2n) is 4.05. The summed E-state index contributed by atoms with van der Waals surface area (Å²) in [6.45, 7) is 0. The van der Waals surface area contributed by atoms with Crippen molar-refractivity contribution in [1.29, 1.82) is 0 Å². The predicted molar refractivity (Wildman–Crippen MR) is 74.1 cm³/mol. The molecule has 20 heavy (non-hydrogen) atoms. The summed E-state index contributed by atoms with van der Waals surface area (Å²) in [5.41, 5.74) is 0.0358. The van der Waals surface area contributed by atoms with Gasteiger partial charge in [-0.3, -0.25) is 4.79 Å². The second kappa shape index (κ2) is 6.11. The first-order chi connectivity index (χ1) is 9.49. The van der Waals surface area contributed by atoms with E-state index in [2.05, 4.69) is 21.2 Å². The zero-order valence-corrected chi connectivity index (χ0v) is 11.7. The Morgan fingerprint density at radius 3 is 2.45 bits per heavy atom. The molecule has 1 unspecified atom stereocenters. The van der Waals surface area contributed by atoms with E-state index in [-0.39, 0.29) is 10.2 Å². The lowest BCUT2D eigenvalue weighted by Gasteiger charge is -2.12. The maximum Gasteiger partial charge on any atom is 0.257 e. The van der Waals surface area contributed by atoms with Crippen LogP contribution in [0.2, 0.25) is 0 Å². The average molecular weight is 342 g/mol. The number of hydrogen-bond acceptors (Lipinski definition) is 2. The van der Waals surface area contributed by atoms with Gasteiger partial charge in [-0.05, 0) is 27.6 Å². The van der Waals surface area contributed by atoms with Crippen molar-refractivity contribution in [1.82, 2.24) is 0 Å². The minimum Gasteiger partial charge on any atom is -0.378 e. The molecule has 6 heteroatoms. The molecule has 0 fully saturated rings. The zero-order valence-electron chi connectivity index (χ0n) is 10.1. The Labute approximate surface area is 122 Å². The minimum atomic E-state index is -1.46. The normalized spacial score (nSPS) is 12.0. The van der Waals surface area contributed by atoms with Crippen LogP contribution >= 0.6 is 15.9 Å². The molecule has 3 nitrogen and oxygen atoms in total. The van der Waals surface area contributed by atoms with E-state index >= 15 is 0 Å². The van der Waals surface area contributed by atoms with Crippen LogP contribution in [0.3, 0.4) is 0 Å². The molecule has 2 aromatic rings. The fourth-order valence-electron chi connectivity index (χ4n) is 1.61. The first-order valence-electron chi connectivity index (χ1n) is 5.67. The van der Waals surface area contributed by atoms with Crippen LogP contribution < -0.4 is 5.32 Å². The average Bonchev–Trinajstić information content (AvgIpc) is 2.44. The van der Waals surface area contributed by atoms with E-state index in [1.807, 2.05) is 0 Å². The summed E-state index contributed by atoms with van der Waals surface area (Å²) in [6, 6.07) is 9.91. The highest BCUT2D eigenvalue weighted by molar-refractivity contribution is 9.10. The highest BCUT2D eigenvalue weighted by atomic mass is 79.9. The van der Waals surface area contributed by atoms with Crippen molar-refractivity contribution in [2.75, 3.05) is 5.32 Å². The largest absolute Gasteiger partial charge is 0.378 e. The molecule has 0 aliphatic heterocycles. The van der Waals surface area contributed by atoms with Gasteiger partial charge in [-0.15, -0.1) is 0 Å². The number of rotatable bonds is 3. The van der Waals surface area contributed by atoms with Crippen molar-refractivity contribution in [3.63, 3.8) is 0 Å². The van der Waals surface area contributed by atoms with Gasteiger partial charge < -0.3 is 10.4 Å². The van der Waals surface area contributed by atoms with Crippen molar-refractivity contribution < 1.29 is 18.7 Å². The molecule has 0 saturated heterocycles. The molecule has 0 heterocycles. The molecule has 1 atom stereocenters. The van der Waals surface area contributed by atoms with Gasteiger partial charge in [0, 0.05) is 6.07 Å². The van der Waals surface area contributed by atoms with Gasteiger partial charge >= 0.3 is 0 Å². The highest BCUT2D eigenvalue weighted by Gasteiger charge is 2.19. The first-order valence-corrected chi connectivity index (χ1v) is 6.47. The lowest BCUT2D eigenvalue weighted by Crippen LogP contribution is -2.21. The molecule has 104 valence electrons. The van der Waals surface area contributed by atoms with Crippen molar-refractivity contribution >= 4 is 27.5 Å². The Hall–Kier alpha value is -1.79. The molecule has 0 saturated carbocycles. The van der Waals surface area contributed by atoms with Gasteiger partial charge in [0.15, 0.2) is 6.10 Å². The molecule has 2 aromatic carbocycles. The third-order valence-electron chi connectivity index (χ3n) is 2.63. The number of hydrogen-bond donors (Lipinski definition) is 2. The van der Waals surface area contributed by atoms with Crippen molar-refractivity contribution in [2.24, 2.45) is 0 Å². The van der Waals surface area contributed by atoms with Gasteiger partial charge in [0.2, 0.25) is 0 Å². The van der Waals surface area contributed by atoms with Gasteiger partial charge in [-0.25, -0.2) is 8.78 Å². The summed E-state index contributed by atoms with van der Waals surface area (Å²) < 4.78 is 26.8. The Morgan fingerprint density at radius 2 is 1.80 bits per heavy atom. The topological polar surface area (TPSA) is 49.3 Å². The summed E-state index contributed by atoms with van der Waals surface area (Å²) in [5, 5.41) is 12.0.